The summed E-state index contributed by atoms with van der Waals surface area (Å²) in [5, 5.41) is 11.2. The summed E-state index contributed by atoms with van der Waals surface area (Å²) >= 11 is 0. The number of fused-ring (bicyclic) bond motifs is 3. The zero-order chi connectivity index (χ0) is 25.7. The van der Waals surface area contributed by atoms with Crippen LogP contribution in [0.5, 0.6) is 0 Å². The lowest BCUT2D eigenvalue weighted by Gasteiger charge is -2.40. The first-order valence-electron chi connectivity index (χ1n) is 13.9. The predicted octanol–water partition coefficient (Wildman–Crippen LogP) is 3.60. The molecule has 4 heterocycles. The Morgan fingerprint density at radius 2 is 1.83 bits per heavy atom. The standard InChI is InChI=1S/C27H45NO8/c1-26(2,3)36-25(30)28-13-19-23(35-27(4,5)34-19)18(28)12-11-17-21(29)20-15-32-24(33-20)22(17)31-14-16-9-7-6-8-10-16/h16-24,29H,6-15H2,1-5H3/t17-,18+,19+,20-,21-,22-,23-,24-/m1/s1. The minimum absolute atomic E-state index is 0.144. The smallest absolute Gasteiger partial charge is 0.410 e. The number of carbonyl (C=O) groups is 1. The van der Waals surface area contributed by atoms with Gasteiger partial charge in [-0.15, -0.1) is 0 Å². The molecule has 1 aliphatic carbocycles. The minimum atomic E-state index is -0.690. The second kappa shape index (κ2) is 10.3. The molecule has 9 heteroatoms. The molecule has 4 saturated heterocycles. The van der Waals surface area contributed by atoms with Gasteiger partial charge in [0, 0.05) is 5.92 Å². The van der Waals surface area contributed by atoms with E-state index in [4.69, 9.17) is 28.4 Å². The fraction of sp³-hybridized carbons (Fsp3) is 0.963. The molecule has 206 valence electrons. The van der Waals surface area contributed by atoms with Crippen molar-refractivity contribution in [3.63, 3.8) is 0 Å². The van der Waals surface area contributed by atoms with Crippen LogP contribution in [0.2, 0.25) is 0 Å². The number of carbonyl (C=O) groups excluding carboxylic acids is 1. The second-order valence-electron chi connectivity index (χ2n) is 12.7. The fourth-order valence-electron chi connectivity index (χ4n) is 6.65. The second-order valence-corrected chi connectivity index (χ2v) is 12.7. The molecule has 1 saturated carbocycles. The number of aliphatic hydroxyl groups excluding tert-OH is 1. The zero-order valence-electron chi connectivity index (χ0n) is 22.5. The first kappa shape index (κ1) is 26.6. The van der Waals surface area contributed by atoms with E-state index in [9.17, 15) is 9.90 Å². The summed E-state index contributed by atoms with van der Waals surface area (Å²) in [7, 11) is 0. The molecular weight excluding hydrogens is 466 g/mol. The normalized spacial score (nSPS) is 40.4. The molecule has 5 rings (SSSR count). The fourth-order valence-corrected chi connectivity index (χ4v) is 6.65. The Morgan fingerprint density at radius 1 is 1.08 bits per heavy atom. The highest BCUT2D eigenvalue weighted by Crippen LogP contribution is 2.42. The Kier molecular flexibility index (Phi) is 7.62. The van der Waals surface area contributed by atoms with Gasteiger partial charge in [-0.05, 0) is 66.2 Å². The highest BCUT2D eigenvalue weighted by molar-refractivity contribution is 5.69. The molecule has 0 aromatic heterocycles. The molecule has 0 spiro atoms. The van der Waals surface area contributed by atoms with Crippen molar-refractivity contribution in [2.45, 2.75) is 134 Å². The van der Waals surface area contributed by atoms with Crippen LogP contribution in [0.25, 0.3) is 0 Å². The number of likely N-dealkylation sites (tertiary alicyclic amines) is 1. The molecule has 1 N–H and O–H groups in total. The average molecular weight is 512 g/mol. The molecule has 8 atom stereocenters. The van der Waals surface area contributed by atoms with Crippen LogP contribution in [0.3, 0.4) is 0 Å². The van der Waals surface area contributed by atoms with E-state index < -0.39 is 23.8 Å². The molecule has 36 heavy (non-hydrogen) atoms. The summed E-state index contributed by atoms with van der Waals surface area (Å²) in [6, 6.07) is -0.209. The van der Waals surface area contributed by atoms with Crippen LogP contribution in [-0.4, -0.2) is 90.1 Å². The molecule has 4 aliphatic heterocycles. The third-order valence-corrected chi connectivity index (χ3v) is 8.29. The number of hydrogen-bond acceptors (Lipinski definition) is 8. The quantitative estimate of drug-likeness (QED) is 0.578. The van der Waals surface area contributed by atoms with Crippen molar-refractivity contribution >= 4 is 6.09 Å². The van der Waals surface area contributed by atoms with E-state index in [0.717, 1.165) is 0 Å². The predicted molar refractivity (Wildman–Crippen MR) is 130 cm³/mol. The lowest BCUT2D eigenvalue weighted by molar-refractivity contribution is -0.230. The summed E-state index contributed by atoms with van der Waals surface area (Å²) < 4.78 is 36.3. The van der Waals surface area contributed by atoms with Crippen LogP contribution in [0.15, 0.2) is 0 Å². The van der Waals surface area contributed by atoms with Crippen molar-refractivity contribution < 1.29 is 38.3 Å². The highest BCUT2D eigenvalue weighted by atomic mass is 16.8. The van der Waals surface area contributed by atoms with Crippen LogP contribution >= 0.6 is 0 Å². The summed E-state index contributed by atoms with van der Waals surface area (Å²) in [6.45, 7) is 10.9. The van der Waals surface area contributed by atoms with Gasteiger partial charge in [-0.3, -0.25) is 4.90 Å². The Labute approximate surface area is 215 Å². The Morgan fingerprint density at radius 3 is 2.56 bits per heavy atom. The van der Waals surface area contributed by atoms with Crippen molar-refractivity contribution in [3.8, 4) is 0 Å². The lowest BCUT2D eigenvalue weighted by Crippen LogP contribution is -2.52. The van der Waals surface area contributed by atoms with E-state index in [1.54, 1.807) is 4.90 Å². The SMILES string of the molecule is CC(C)(C)OC(=O)N1C[C@@H]2OC(C)(C)O[C@@H]2[C@@H]1CC[C@@H]1[C@@H](O)[C@H]2CO[C@H](O2)[C@@H]1OCC1CCCCC1. The topological polar surface area (TPSA) is 95.9 Å². The van der Waals surface area contributed by atoms with Gasteiger partial charge in [0.2, 0.25) is 0 Å². The molecule has 1 amide bonds. The van der Waals surface area contributed by atoms with Gasteiger partial charge in [-0.2, -0.15) is 0 Å². The van der Waals surface area contributed by atoms with Gasteiger partial charge in [0.25, 0.3) is 0 Å². The Balaban J connectivity index is 1.28. The summed E-state index contributed by atoms with van der Waals surface area (Å²) in [5.41, 5.74) is -0.591. The van der Waals surface area contributed by atoms with Gasteiger partial charge < -0.3 is 33.5 Å². The molecule has 0 unspecified atom stereocenters. The van der Waals surface area contributed by atoms with Crippen molar-refractivity contribution in [1.29, 1.82) is 0 Å². The first-order valence-corrected chi connectivity index (χ1v) is 13.9. The Hall–Kier alpha value is -0.970. The van der Waals surface area contributed by atoms with E-state index >= 15 is 0 Å². The van der Waals surface area contributed by atoms with Crippen LogP contribution < -0.4 is 0 Å². The van der Waals surface area contributed by atoms with Crippen LogP contribution in [0.4, 0.5) is 4.79 Å². The van der Waals surface area contributed by atoms with Crippen LogP contribution in [0, 0.1) is 11.8 Å². The highest BCUT2D eigenvalue weighted by Gasteiger charge is 2.56. The van der Waals surface area contributed by atoms with Crippen LogP contribution in [-0.2, 0) is 28.4 Å². The molecule has 5 aliphatic rings. The molecule has 0 aromatic rings. The number of amides is 1. The minimum Gasteiger partial charge on any atom is -0.444 e. The van der Waals surface area contributed by atoms with Crippen LogP contribution in [0.1, 0.15) is 79.6 Å². The lowest BCUT2D eigenvalue weighted by atomic mass is 9.84. The van der Waals surface area contributed by atoms with E-state index in [1.165, 1.54) is 32.1 Å². The maximum atomic E-state index is 13.1. The molecule has 0 radical (unpaired) electrons. The van der Waals surface area contributed by atoms with E-state index in [-0.39, 0.29) is 42.5 Å². The molecular formula is C27H45NO8. The van der Waals surface area contributed by atoms with E-state index in [2.05, 4.69) is 0 Å². The molecule has 0 aromatic carbocycles. The van der Waals surface area contributed by atoms with Gasteiger partial charge in [-0.25, -0.2) is 4.79 Å². The monoisotopic (exact) mass is 511 g/mol. The number of hydrogen-bond donors (Lipinski definition) is 1. The first-order chi connectivity index (χ1) is 17.0. The maximum Gasteiger partial charge on any atom is 0.410 e. The number of nitrogens with zero attached hydrogens (tertiary/aromatic N) is 1. The van der Waals surface area contributed by atoms with E-state index in [1.807, 2.05) is 34.6 Å². The van der Waals surface area contributed by atoms with Gasteiger partial charge in [0.1, 0.15) is 30.0 Å². The number of aliphatic hydroxyl groups is 1. The maximum absolute atomic E-state index is 13.1. The van der Waals surface area contributed by atoms with Gasteiger partial charge in [0.15, 0.2) is 12.1 Å². The van der Waals surface area contributed by atoms with Gasteiger partial charge in [0.05, 0.1) is 31.9 Å². The van der Waals surface area contributed by atoms with E-state index in [0.29, 0.717) is 38.5 Å². The molecule has 2 bridgehead atoms. The molecule has 9 nitrogen and oxygen atoms in total. The largest absolute Gasteiger partial charge is 0.444 e. The number of rotatable bonds is 6. The van der Waals surface area contributed by atoms with Crippen molar-refractivity contribution in [2.75, 3.05) is 19.8 Å². The van der Waals surface area contributed by atoms with Crippen molar-refractivity contribution in [3.05, 3.63) is 0 Å². The van der Waals surface area contributed by atoms with Gasteiger partial charge in [-0.1, -0.05) is 19.3 Å². The Bertz CT molecular complexity index is 778. The van der Waals surface area contributed by atoms with Gasteiger partial charge >= 0.3 is 6.09 Å². The third-order valence-electron chi connectivity index (χ3n) is 8.29. The summed E-state index contributed by atoms with van der Waals surface area (Å²) in [4.78, 5) is 14.9. The average Bonchev–Trinajstić information content (AvgIpc) is 3.46. The zero-order valence-corrected chi connectivity index (χ0v) is 22.5. The molecule has 5 fully saturated rings. The summed E-state index contributed by atoms with van der Waals surface area (Å²) in [5.74, 6) is -0.278. The number of ether oxygens (including phenoxy) is 6. The third kappa shape index (κ3) is 5.71. The van der Waals surface area contributed by atoms with Crippen molar-refractivity contribution in [2.24, 2.45) is 11.8 Å². The van der Waals surface area contributed by atoms with Crippen molar-refractivity contribution in [1.82, 2.24) is 4.90 Å². The summed E-state index contributed by atoms with van der Waals surface area (Å²) in [6.07, 6.45) is 4.93.